The maximum absolute atomic E-state index is 10.8. The van der Waals surface area contributed by atoms with E-state index in [0.717, 1.165) is 5.56 Å². The van der Waals surface area contributed by atoms with Crippen molar-refractivity contribution in [2.24, 2.45) is 5.73 Å². The highest BCUT2D eigenvalue weighted by molar-refractivity contribution is 5.85. The first kappa shape index (κ1) is 16.7. The Morgan fingerprint density at radius 3 is 2.89 bits per heavy atom. The maximum Gasteiger partial charge on any atom is 0.233 e. The number of carbonyl (C=O) groups is 1. The molecule has 0 bridgehead atoms. The summed E-state index contributed by atoms with van der Waals surface area (Å²) in [6.45, 7) is 2.16. The molecule has 1 unspecified atom stereocenters. The fourth-order valence-electron chi connectivity index (χ4n) is 1.26. The first-order valence-electron chi connectivity index (χ1n) is 5.46. The van der Waals surface area contributed by atoms with Gasteiger partial charge in [-0.05, 0) is 24.6 Å². The molecule has 0 spiro atoms. The zero-order valence-electron chi connectivity index (χ0n) is 10.3. The minimum absolute atomic E-state index is 0. The Morgan fingerprint density at radius 1 is 1.56 bits per heavy atom. The Kier molecular flexibility index (Phi) is 8.11. The normalized spacial score (nSPS) is 11.3. The zero-order valence-corrected chi connectivity index (χ0v) is 11.1. The molecule has 0 radical (unpaired) electrons. The van der Waals surface area contributed by atoms with Gasteiger partial charge in [-0.25, -0.2) is 0 Å². The maximum atomic E-state index is 10.8. The highest BCUT2D eigenvalue weighted by Gasteiger charge is 2.06. The van der Waals surface area contributed by atoms with Crippen LogP contribution in [-0.2, 0) is 4.79 Å². The highest BCUT2D eigenvalue weighted by Crippen LogP contribution is 2.12. The molecule has 4 N–H and O–H groups in total. The average Bonchev–Trinajstić information content (AvgIpc) is 2.33. The van der Waals surface area contributed by atoms with Crippen LogP contribution in [0.4, 0.5) is 0 Å². The Morgan fingerprint density at radius 2 is 2.28 bits per heavy atom. The van der Waals surface area contributed by atoms with E-state index in [1.807, 2.05) is 31.2 Å². The molecule has 0 aliphatic heterocycles. The number of nitrogens with two attached hydrogens (primary N) is 1. The van der Waals surface area contributed by atoms with Crippen LogP contribution in [0.15, 0.2) is 24.3 Å². The molecule has 1 aromatic rings. The van der Waals surface area contributed by atoms with Gasteiger partial charge in [-0.2, -0.15) is 0 Å². The summed E-state index contributed by atoms with van der Waals surface area (Å²) in [6.07, 6.45) is -0.744. The van der Waals surface area contributed by atoms with Crippen LogP contribution in [-0.4, -0.2) is 36.8 Å². The molecule has 0 fully saturated rings. The largest absolute Gasteiger partial charge is 0.491 e. The Labute approximate surface area is 113 Å². The fraction of sp³-hybridized carbons (Fsp3) is 0.417. The minimum atomic E-state index is -0.744. The Balaban J connectivity index is 0.00000289. The van der Waals surface area contributed by atoms with E-state index in [4.69, 9.17) is 10.5 Å². The highest BCUT2D eigenvalue weighted by atomic mass is 35.5. The summed E-state index contributed by atoms with van der Waals surface area (Å²) in [6, 6.07) is 7.54. The molecule has 18 heavy (non-hydrogen) atoms. The van der Waals surface area contributed by atoms with Gasteiger partial charge in [0, 0.05) is 6.54 Å². The van der Waals surface area contributed by atoms with E-state index in [1.54, 1.807) is 0 Å². The zero-order chi connectivity index (χ0) is 12.7. The van der Waals surface area contributed by atoms with Crippen LogP contribution in [0, 0.1) is 6.92 Å². The van der Waals surface area contributed by atoms with E-state index >= 15 is 0 Å². The van der Waals surface area contributed by atoms with Crippen molar-refractivity contribution in [2.75, 3.05) is 19.7 Å². The van der Waals surface area contributed by atoms with Crippen LogP contribution in [0.5, 0.6) is 5.75 Å². The summed E-state index contributed by atoms with van der Waals surface area (Å²) in [5.41, 5.74) is 6.21. The number of rotatable bonds is 6. The van der Waals surface area contributed by atoms with Crippen LogP contribution in [0.25, 0.3) is 0 Å². The van der Waals surface area contributed by atoms with E-state index in [0.29, 0.717) is 5.75 Å². The van der Waals surface area contributed by atoms with Crippen molar-refractivity contribution in [3.8, 4) is 5.75 Å². The predicted octanol–water partition coefficient (Wildman–Crippen LogP) is 0.231. The van der Waals surface area contributed by atoms with Gasteiger partial charge in [0.25, 0.3) is 0 Å². The molecule has 0 heterocycles. The summed E-state index contributed by atoms with van der Waals surface area (Å²) in [5.74, 6) is 0.411. The molecular weight excluding hydrogens is 256 g/mol. The van der Waals surface area contributed by atoms with E-state index in [-0.39, 0.29) is 38.0 Å². The third-order valence-electron chi connectivity index (χ3n) is 2.15. The third kappa shape index (κ3) is 6.44. The van der Waals surface area contributed by atoms with Crippen LogP contribution in [0.3, 0.4) is 0 Å². The molecule has 1 atom stereocenters. The lowest BCUT2D eigenvalue weighted by molar-refractivity contribution is -0.120. The standard InChI is InChI=1S/C12H18N2O3.ClH/c1-9-3-2-4-11(5-9)17-8-10(15)7-14-12(16)6-13;/h2-5,10,15H,6-8,13H2,1H3,(H,14,16);1H. The van der Waals surface area contributed by atoms with Crippen molar-refractivity contribution in [3.05, 3.63) is 29.8 Å². The van der Waals surface area contributed by atoms with Gasteiger partial charge in [0.2, 0.25) is 5.91 Å². The number of nitrogens with one attached hydrogen (secondary N) is 1. The van der Waals surface area contributed by atoms with Crippen LogP contribution >= 0.6 is 12.4 Å². The van der Waals surface area contributed by atoms with Crippen molar-refractivity contribution in [2.45, 2.75) is 13.0 Å². The number of amides is 1. The third-order valence-corrected chi connectivity index (χ3v) is 2.15. The number of hydrogen-bond acceptors (Lipinski definition) is 4. The topological polar surface area (TPSA) is 84.6 Å². The van der Waals surface area contributed by atoms with Gasteiger partial charge < -0.3 is 20.9 Å². The van der Waals surface area contributed by atoms with Gasteiger partial charge in [0.05, 0.1) is 6.54 Å². The number of benzene rings is 1. The van der Waals surface area contributed by atoms with Gasteiger partial charge in [0.15, 0.2) is 0 Å². The van der Waals surface area contributed by atoms with E-state index < -0.39 is 6.10 Å². The number of aliphatic hydroxyl groups is 1. The fourth-order valence-corrected chi connectivity index (χ4v) is 1.26. The number of halogens is 1. The molecule has 0 aliphatic rings. The second-order valence-corrected chi connectivity index (χ2v) is 3.79. The minimum Gasteiger partial charge on any atom is -0.491 e. The van der Waals surface area contributed by atoms with Gasteiger partial charge in [-0.15, -0.1) is 12.4 Å². The summed E-state index contributed by atoms with van der Waals surface area (Å²) in [4.78, 5) is 10.8. The second-order valence-electron chi connectivity index (χ2n) is 3.79. The molecule has 1 amide bonds. The number of aryl methyl sites for hydroxylation is 1. The number of aliphatic hydroxyl groups excluding tert-OH is 1. The van der Waals surface area contributed by atoms with Crippen molar-refractivity contribution < 1.29 is 14.6 Å². The van der Waals surface area contributed by atoms with E-state index in [2.05, 4.69) is 5.32 Å². The van der Waals surface area contributed by atoms with Gasteiger partial charge >= 0.3 is 0 Å². The number of hydrogen-bond donors (Lipinski definition) is 3. The Hall–Kier alpha value is -1.30. The van der Waals surface area contributed by atoms with Crippen molar-refractivity contribution >= 4 is 18.3 Å². The SMILES string of the molecule is Cc1cccc(OCC(O)CNC(=O)CN)c1.Cl. The molecule has 0 aromatic heterocycles. The van der Waals surface area contributed by atoms with Crippen molar-refractivity contribution in [1.82, 2.24) is 5.32 Å². The molecule has 1 rings (SSSR count). The number of carbonyl (C=O) groups excluding carboxylic acids is 1. The number of ether oxygens (including phenoxy) is 1. The average molecular weight is 275 g/mol. The summed E-state index contributed by atoms with van der Waals surface area (Å²) < 4.78 is 5.38. The molecule has 0 saturated heterocycles. The molecule has 5 nitrogen and oxygen atoms in total. The Bertz CT molecular complexity index is 374. The van der Waals surface area contributed by atoms with Gasteiger partial charge in [-0.1, -0.05) is 12.1 Å². The van der Waals surface area contributed by atoms with Gasteiger partial charge in [-0.3, -0.25) is 4.79 Å². The molecule has 1 aromatic carbocycles. The molecular formula is C12H19ClN2O3. The molecule has 0 aliphatic carbocycles. The van der Waals surface area contributed by atoms with E-state index in [1.165, 1.54) is 0 Å². The van der Waals surface area contributed by atoms with Crippen molar-refractivity contribution in [1.29, 1.82) is 0 Å². The smallest absolute Gasteiger partial charge is 0.233 e. The first-order chi connectivity index (χ1) is 8.11. The molecule has 6 heteroatoms. The first-order valence-corrected chi connectivity index (χ1v) is 5.46. The summed E-state index contributed by atoms with van der Waals surface area (Å²) in [7, 11) is 0. The molecule has 102 valence electrons. The lowest BCUT2D eigenvalue weighted by atomic mass is 10.2. The van der Waals surface area contributed by atoms with Crippen LogP contribution in [0.2, 0.25) is 0 Å². The monoisotopic (exact) mass is 274 g/mol. The summed E-state index contributed by atoms with van der Waals surface area (Å²) in [5, 5.41) is 12.0. The van der Waals surface area contributed by atoms with Crippen LogP contribution < -0.4 is 15.8 Å². The van der Waals surface area contributed by atoms with E-state index in [9.17, 15) is 9.90 Å². The lowest BCUT2D eigenvalue weighted by Crippen LogP contribution is -2.38. The quantitative estimate of drug-likeness (QED) is 0.693. The molecule has 0 saturated carbocycles. The van der Waals surface area contributed by atoms with Crippen LogP contribution in [0.1, 0.15) is 5.56 Å². The summed E-state index contributed by atoms with van der Waals surface area (Å²) >= 11 is 0. The van der Waals surface area contributed by atoms with Crippen molar-refractivity contribution in [3.63, 3.8) is 0 Å². The second kappa shape index (κ2) is 8.74. The van der Waals surface area contributed by atoms with Gasteiger partial charge in [0.1, 0.15) is 18.5 Å². The predicted molar refractivity (Wildman–Crippen MR) is 72.0 cm³/mol. The lowest BCUT2D eigenvalue weighted by Gasteiger charge is -2.13.